The van der Waals surface area contributed by atoms with Gasteiger partial charge in [-0.2, -0.15) is 0 Å². The Morgan fingerprint density at radius 3 is 2.40 bits per heavy atom. The zero-order valence-corrected chi connectivity index (χ0v) is 17.3. The third kappa shape index (κ3) is 4.63. The van der Waals surface area contributed by atoms with E-state index in [0.29, 0.717) is 19.8 Å². The van der Waals surface area contributed by atoms with Gasteiger partial charge in [0.05, 0.1) is 0 Å². The minimum atomic E-state index is -0.430. The highest BCUT2D eigenvalue weighted by Gasteiger charge is 2.26. The van der Waals surface area contributed by atoms with Gasteiger partial charge in [0.25, 0.3) is 0 Å². The third-order valence-corrected chi connectivity index (χ3v) is 5.16. The number of aryl methyl sites for hydroxylation is 1. The highest BCUT2D eigenvalue weighted by molar-refractivity contribution is 5.95. The second-order valence-corrected chi connectivity index (χ2v) is 7.56. The summed E-state index contributed by atoms with van der Waals surface area (Å²) in [5, 5.41) is 3.06. The molecule has 1 atom stereocenters. The molecule has 1 heterocycles. The smallest absolute Gasteiger partial charge is 0.246 e. The van der Waals surface area contributed by atoms with Gasteiger partial charge < -0.3 is 14.8 Å². The molecule has 3 aromatic rings. The molecule has 0 aromatic heterocycles. The molecule has 5 heteroatoms. The van der Waals surface area contributed by atoms with Gasteiger partial charge in [0.2, 0.25) is 5.91 Å². The molecule has 0 aliphatic carbocycles. The normalized spacial score (nSPS) is 13.7. The van der Waals surface area contributed by atoms with E-state index in [-0.39, 0.29) is 5.91 Å². The molecule has 0 saturated heterocycles. The summed E-state index contributed by atoms with van der Waals surface area (Å²) in [6, 6.07) is 23.2. The summed E-state index contributed by atoms with van der Waals surface area (Å²) < 4.78 is 11.3. The average molecular weight is 402 g/mol. The van der Waals surface area contributed by atoms with Crippen molar-refractivity contribution in [1.82, 2.24) is 4.90 Å². The van der Waals surface area contributed by atoms with Crippen molar-refractivity contribution >= 4 is 11.6 Å². The Morgan fingerprint density at radius 1 is 0.967 bits per heavy atom. The highest BCUT2D eigenvalue weighted by Crippen LogP contribution is 2.32. The Balaban J connectivity index is 1.56. The minimum Gasteiger partial charge on any atom is -0.486 e. The molecule has 1 aliphatic rings. The van der Waals surface area contributed by atoms with Crippen LogP contribution in [-0.2, 0) is 11.3 Å². The summed E-state index contributed by atoms with van der Waals surface area (Å²) in [5.41, 5.74) is 3.95. The van der Waals surface area contributed by atoms with Gasteiger partial charge in [0.1, 0.15) is 19.3 Å². The number of hydrogen-bond donors (Lipinski definition) is 1. The van der Waals surface area contributed by atoms with Crippen LogP contribution in [-0.4, -0.2) is 31.1 Å². The van der Waals surface area contributed by atoms with Crippen LogP contribution in [0, 0.1) is 6.92 Å². The van der Waals surface area contributed by atoms with Crippen molar-refractivity contribution in [3.8, 4) is 11.5 Å². The van der Waals surface area contributed by atoms with Crippen LogP contribution in [0.2, 0.25) is 0 Å². The quantitative estimate of drug-likeness (QED) is 0.656. The maximum absolute atomic E-state index is 13.3. The second-order valence-electron chi connectivity index (χ2n) is 7.56. The lowest BCUT2D eigenvalue weighted by Crippen LogP contribution is -2.34. The van der Waals surface area contributed by atoms with Crippen LogP contribution in [0.15, 0.2) is 72.8 Å². The summed E-state index contributed by atoms with van der Waals surface area (Å²) in [6.45, 7) is 3.75. The molecule has 1 amide bonds. The first-order chi connectivity index (χ1) is 14.6. The van der Waals surface area contributed by atoms with Gasteiger partial charge in [-0.3, -0.25) is 9.69 Å². The van der Waals surface area contributed by atoms with Crippen LogP contribution in [0.3, 0.4) is 0 Å². The predicted molar refractivity (Wildman–Crippen MR) is 118 cm³/mol. The molecule has 4 rings (SSSR count). The lowest BCUT2D eigenvalue weighted by Gasteiger charge is -2.28. The van der Waals surface area contributed by atoms with Crippen LogP contribution >= 0.6 is 0 Å². The van der Waals surface area contributed by atoms with E-state index in [1.165, 1.54) is 0 Å². The van der Waals surface area contributed by atoms with Crippen LogP contribution in [0.4, 0.5) is 5.69 Å². The SMILES string of the molecule is Cc1ccc(NC(=O)[C@H](c2ccccc2)N(C)Cc2ccc3c(c2)OCCO3)cc1. The number of nitrogens with zero attached hydrogens (tertiary/aromatic N) is 1. The summed E-state index contributed by atoms with van der Waals surface area (Å²) in [6.07, 6.45) is 0. The molecule has 5 nitrogen and oxygen atoms in total. The number of fused-ring (bicyclic) bond motifs is 1. The van der Waals surface area contributed by atoms with E-state index in [2.05, 4.69) is 5.32 Å². The number of hydrogen-bond acceptors (Lipinski definition) is 4. The number of benzene rings is 3. The first kappa shape index (κ1) is 20.0. The van der Waals surface area contributed by atoms with Gasteiger partial charge in [0, 0.05) is 12.2 Å². The van der Waals surface area contributed by atoms with Crippen molar-refractivity contribution in [2.75, 3.05) is 25.6 Å². The number of carbonyl (C=O) groups is 1. The predicted octanol–water partition coefficient (Wildman–Crippen LogP) is 4.58. The van der Waals surface area contributed by atoms with Gasteiger partial charge in [-0.15, -0.1) is 0 Å². The van der Waals surface area contributed by atoms with Gasteiger partial charge in [-0.25, -0.2) is 0 Å². The molecular weight excluding hydrogens is 376 g/mol. The van der Waals surface area contributed by atoms with E-state index in [9.17, 15) is 4.79 Å². The highest BCUT2D eigenvalue weighted by atomic mass is 16.6. The monoisotopic (exact) mass is 402 g/mol. The molecule has 0 saturated carbocycles. The fourth-order valence-electron chi connectivity index (χ4n) is 3.65. The fraction of sp³-hybridized carbons (Fsp3) is 0.240. The lowest BCUT2D eigenvalue weighted by molar-refractivity contribution is -0.121. The van der Waals surface area contributed by atoms with Gasteiger partial charge in [0.15, 0.2) is 11.5 Å². The molecule has 154 valence electrons. The van der Waals surface area contributed by atoms with Crippen LogP contribution < -0.4 is 14.8 Å². The van der Waals surface area contributed by atoms with Crippen molar-refractivity contribution in [3.63, 3.8) is 0 Å². The molecule has 1 N–H and O–H groups in total. The Labute approximate surface area is 177 Å². The molecule has 3 aromatic carbocycles. The first-order valence-corrected chi connectivity index (χ1v) is 10.1. The van der Waals surface area contributed by atoms with E-state index in [4.69, 9.17) is 9.47 Å². The van der Waals surface area contributed by atoms with E-state index < -0.39 is 6.04 Å². The number of ether oxygens (including phenoxy) is 2. The summed E-state index contributed by atoms with van der Waals surface area (Å²) in [5.74, 6) is 1.46. The maximum Gasteiger partial charge on any atom is 0.246 e. The third-order valence-electron chi connectivity index (χ3n) is 5.16. The average Bonchev–Trinajstić information content (AvgIpc) is 2.76. The summed E-state index contributed by atoms with van der Waals surface area (Å²) in [7, 11) is 1.96. The van der Waals surface area contributed by atoms with Gasteiger partial charge in [-0.05, 0) is 49.4 Å². The number of nitrogens with one attached hydrogen (secondary N) is 1. The molecule has 0 bridgehead atoms. The summed E-state index contributed by atoms with van der Waals surface area (Å²) in [4.78, 5) is 15.3. The minimum absolute atomic E-state index is 0.0647. The number of carbonyl (C=O) groups excluding carboxylic acids is 1. The Hall–Kier alpha value is -3.31. The summed E-state index contributed by atoms with van der Waals surface area (Å²) >= 11 is 0. The fourth-order valence-corrected chi connectivity index (χ4v) is 3.65. The number of rotatable bonds is 6. The van der Waals surface area contributed by atoms with Crippen LogP contribution in [0.25, 0.3) is 0 Å². The van der Waals surface area contributed by atoms with Crippen molar-refractivity contribution in [2.45, 2.75) is 19.5 Å². The van der Waals surface area contributed by atoms with E-state index >= 15 is 0 Å². The Kier molecular flexibility index (Phi) is 6.00. The van der Waals surface area contributed by atoms with Crippen molar-refractivity contribution < 1.29 is 14.3 Å². The van der Waals surface area contributed by atoms with Crippen molar-refractivity contribution in [2.24, 2.45) is 0 Å². The van der Waals surface area contributed by atoms with E-state index in [1.807, 2.05) is 91.7 Å². The largest absolute Gasteiger partial charge is 0.486 e. The second kappa shape index (κ2) is 9.01. The van der Waals surface area contributed by atoms with Crippen LogP contribution in [0.1, 0.15) is 22.7 Å². The van der Waals surface area contributed by atoms with E-state index in [1.54, 1.807) is 0 Å². The lowest BCUT2D eigenvalue weighted by atomic mass is 10.0. The first-order valence-electron chi connectivity index (χ1n) is 10.1. The molecular formula is C25H26N2O3. The van der Waals surface area contributed by atoms with E-state index in [0.717, 1.165) is 33.9 Å². The number of anilines is 1. The maximum atomic E-state index is 13.3. The number of likely N-dealkylation sites (N-methyl/N-ethyl adjacent to an activating group) is 1. The topological polar surface area (TPSA) is 50.8 Å². The van der Waals surface area contributed by atoms with Gasteiger partial charge in [-0.1, -0.05) is 54.1 Å². The van der Waals surface area contributed by atoms with Crippen molar-refractivity contribution in [1.29, 1.82) is 0 Å². The number of amides is 1. The molecule has 0 radical (unpaired) electrons. The van der Waals surface area contributed by atoms with Crippen LogP contribution in [0.5, 0.6) is 11.5 Å². The molecule has 0 fully saturated rings. The molecule has 1 aliphatic heterocycles. The zero-order valence-electron chi connectivity index (χ0n) is 17.3. The zero-order chi connectivity index (χ0) is 20.9. The Morgan fingerprint density at radius 2 is 1.67 bits per heavy atom. The standard InChI is InChI=1S/C25H26N2O3/c1-18-8-11-21(12-9-18)26-25(28)24(20-6-4-3-5-7-20)27(2)17-19-10-13-22-23(16-19)30-15-14-29-22/h3-13,16,24H,14-15,17H2,1-2H3,(H,26,28)/t24-/m0/s1. The van der Waals surface area contributed by atoms with Crippen molar-refractivity contribution in [3.05, 3.63) is 89.5 Å². The van der Waals surface area contributed by atoms with Gasteiger partial charge >= 0.3 is 0 Å². The molecule has 30 heavy (non-hydrogen) atoms. The molecule has 0 spiro atoms. The Bertz CT molecular complexity index is 1000. The molecule has 0 unspecified atom stereocenters.